The summed E-state index contributed by atoms with van der Waals surface area (Å²) in [4.78, 5) is 16.5. The number of carbonyl (C=O) groups excluding carboxylic acids is 1. The zero-order valence-corrected chi connectivity index (χ0v) is 19.4. The monoisotopic (exact) mass is 453 g/mol. The Morgan fingerprint density at radius 2 is 1.75 bits per heavy atom. The summed E-state index contributed by atoms with van der Waals surface area (Å²) < 4.78 is 33.4. The third kappa shape index (κ3) is 5.85. The van der Waals surface area contributed by atoms with E-state index in [0.717, 1.165) is 17.5 Å². The van der Waals surface area contributed by atoms with Gasteiger partial charge in [-0.15, -0.1) is 0 Å². The number of aryl methyl sites for hydroxylation is 2. The Kier molecular flexibility index (Phi) is 7.15. The Labute approximate surface area is 188 Å². The molecule has 1 aromatic heterocycles. The Morgan fingerprint density at radius 3 is 2.34 bits per heavy atom. The first-order valence-electron chi connectivity index (χ1n) is 10.3. The summed E-state index contributed by atoms with van der Waals surface area (Å²) in [6.45, 7) is 7.75. The van der Waals surface area contributed by atoms with Gasteiger partial charge in [0.25, 0.3) is 15.9 Å². The number of pyridine rings is 1. The number of nitrogens with one attached hydrogen (secondary N) is 2. The van der Waals surface area contributed by atoms with Crippen LogP contribution in [0, 0.1) is 13.8 Å². The van der Waals surface area contributed by atoms with E-state index >= 15 is 0 Å². The number of anilines is 1. The highest BCUT2D eigenvalue weighted by Crippen LogP contribution is 2.23. The van der Waals surface area contributed by atoms with Crippen LogP contribution in [0.4, 0.5) is 5.69 Å². The summed E-state index contributed by atoms with van der Waals surface area (Å²) >= 11 is 0. The highest BCUT2D eigenvalue weighted by atomic mass is 32.2. The molecule has 1 amide bonds. The van der Waals surface area contributed by atoms with Gasteiger partial charge in [-0.2, -0.15) is 0 Å². The number of ether oxygens (including phenoxy) is 1. The number of benzene rings is 2. The van der Waals surface area contributed by atoms with Crippen molar-refractivity contribution in [1.82, 2.24) is 10.3 Å². The first-order chi connectivity index (χ1) is 15.2. The Hall–Kier alpha value is -3.39. The maximum absolute atomic E-state index is 12.6. The number of rotatable bonds is 8. The highest BCUT2D eigenvalue weighted by molar-refractivity contribution is 7.92. The van der Waals surface area contributed by atoms with E-state index in [-0.39, 0.29) is 16.8 Å². The molecule has 1 unspecified atom stereocenters. The van der Waals surface area contributed by atoms with Gasteiger partial charge in [0, 0.05) is 17.7 Å². The molecule has 168 valence electrons. The molecule has 0 spiro atoms. The number of aromatic nitrogens is 1. The van der Waals surface area contributed by atoms with Gasteiger partial charge in [0.15, 0.2) is 0 Å². The van der Waals surface area contributed by atoms with E-state index in [0.29, 0.717) is 22.9 Å². The van der Waals surface area contributed by atoms with Gasteiger partial charge >= 0.3 is 0 Å². The molecule has 0 saturated carbocycles. The number of nitrogens with zero attached hydrogens (tertiary/aromatic N) is 1. The minimum atomic E-state index is -3.72. The van der Waals surface area contributed by atoms with Crippen molar-refractivity contribution in [2.45, 2.75) is 45.1 Å². The van der Waals surface area contributed by atoms with Crippen LogP contribution in [-0.4, -0.2) is 25.4 Å². The van der Waals surface area contributed by atoms with E-state index in [1.807, 2.05) is 27.7 Å². The van der Waals surface area contributed by atoms with Crippen LogP contribution in [0.5, 0.6) is 11.6 Å². The maximum atomic E-state index is 12.6. The number of sulfonamides is 1. The van der Waals surface area contributed by atoms with Crippen molar-refractivity contribution < 1.29 is 17.9 Å². The van der Waals surface area contributed by atoms with Crippen LogP contribution in [0.2, 0.25) is 0 Å². The lowest BCUT2D eigenvalue weighted by molar-refractivity contribution is 0.0939. The van der Waals surface area contributed by atoms with Crippen molar-refractivity contribution >= 4 is 21.6 Å². The van der Waals surface area contributed by atoms with Gasteiger partial charge in [-0.25, -0.2) is 13.4 Å². The molecule has 7 nitrogen and oxygen atoms in total. The van der Waals surface area contributed by atoms with Crippen LogP contribution in [0.25, 0.3) is 0 Å². The van der Waals surface area contributed by atoms with Crippen molar-refractivity contribution in [3.8, 4) is 11.6 Å². The first kappa shape index (κ1) is 23.3. The van der Waals surface area contributed by atoms with Crippen LogP contribution in [0.3, 0.4) is 0 Å². The predicted molar refractivity (Wildman–Crippen MR) is 125 cm³/mol. The van der Waals surface area contributed by atoms with Crippen molar-refractivity contribution in [2.75, 3.05) is 4.72 Å². The number of carbonyl (C=O) groups is 1. The van der Waals surface area contributed by atoms with E-state index in [9.17, 15) is 13.2 Å². The van der Waals surface area contributed by atoms with Gasteiger partial charge < -0.3 is 10.1 Å². The molecule has 0 aliphatic heterocycles. The predicted octanol–water partition coefficient (Wildman–Crippen LogP) is 4.82. The Balaban J connectivity index is 1.64. The largest absolute Gasteiger partial charge is 0.439 e. The third-order valence-corrected chi connectivity index (χ3v) is 6.48. The van der Waals surface area contributed by atoms with Gasteiger partial charge in [-0.1, -0.05) is 13.0 Å². The molecule has 2 N–H and O–H groups in total. The molecule has 1 atom stereocenters. The molecule has 1 heterocycles. The normalized spacial score (nSPS) is 12.1. The van der Waals surface area contributed by atoms with Gasteiger partial charge in [-0.05, 0) is 80.8 Å². The topological polar surface area (TPSA) is 97.4 Å². The van der Waals surface area contributed by atoms with Gasteiger partial charge in [0.1, 0.15) is 5.75 Å². The van der Waals surface area contributed by atoms with E-state index in [2.05, 4.69) is 15.0 Å². The fourth-order valence-corrected chi connectivity index (χ4v) is 3.93. The van der Waals surface area contributed by atoms with E-state index in [1.54, 1.807) is 54.6 Å². The van der Waals surface area contributed by atoms with Crippen molar-refractivity contribution in [3.63, 3.8) is 0 Å². The summed E-state index contributed by atoms with van der Waals surface area (Å²) in [6.07, 6.45) is 2.25. The standard InChI is InChI=1S/C24H27N3O4S/c1-5-18(4)26-24(28)19-7-10-21(11-8-19)31-23-13-9-20(15-25-23)27-32(29,30)22-12-6-16(2)17(3)14-22/h6-15,18,27H,5H2,1-4H3,(H,26,28). The van der Waals surface area contributed by atoms with Crippen LogP contribution >= 0.6 is 0 Å². The van der Waals surface area contributed by atoms with E-state index < -0.39 is 10.0 Å². The smallest absolute Gasteiger partial charge is 0.261 e. The SMILES string of the molecule is CCC(C)NC(=O)c1ccc(Oc2ccc(NS(=O)(=O)c3ccc(C)c(C)c3)cn2)cc1. The van der Waals surface area contributed by atoms with Crippen molar-refractivity contribution in [1.29, 1.82) is 0 Å². The van der Waals surface area contributed by atoms with Crippen molar-refractivity contribution in [2.24, 2.45) is 0 Å². The third-order valence-electron chi connectivity index (χ3n) is 5.11. The molecule has 0 fully saturated rings. The zero-order chi connectivity index (χ0) is 23.3. The second-order valence-electron chi connectivity index (χ2n) is 7.65. The maximum Gasteiger partial charge on any atom is 0.261 e. The summed E-state index contributed by atoms with van der Waals surface area (Å²) in [6, 6.07) is 15.0. The van der Waals surface area contributed by atoms with Gasteiger partial charge in [-0.3, -0.25) is 9.52 Å². The molecule has 3 rings (SSSR count). The molecule has 0 aliphatic rings. The molecule has 8 heteroatoms. The quantitative estimate of drug-likeness (QED) is 0.510. The lowest BCUT2D eigenvalue weighted by atomic mass is 10.1. The fraction of sp³-hybridized carbons (Fsp3) is 0.250. The molecular formula is C24H27N3O4S. The molecule has 2 aromatic carbocycles. The molecule has 0 aliphatic carbocycles. The van der Waals surface area contributed by atoms with Crippen LogP contribution in [0.1, 0.15) is 41.8 Å². The number of hydrogen-bond acceptors (Lipinski definition) is 5. The molecular weight excluding hydrogens is 426 g/mol. The van der Waals surface area contributed by atoms with E-state index in [4.69, 9.17) is 4.74 Å². The average molecular weight is 454 g/mol. The highest BCUT2D eigenvalue weighted by Gasteiger charge is 2.15. The Morgan fingerprint density at radius 1 is 1.03 bits per heavy atom. The summed E-state index contributed by atoms with van der Waals surface area (Å²) in [5, 5.41) is 2.91. The van der Waals surface area contributed by atoms with Crippen LogP contribution < -0.4 is 14.8 Å². The summed E-state index contributed by atoms with van der Waals surface area (Å²) in [7, 11) is -3.72. The van der Waals surface area contributed by atoms with Crippen LogP contribution in [-0.2, 0) is 10.0 Å². The number of hydrogen-bond donors (Lipinski definition) is 2. The van der Waals surface area contributed by atoms with E-state index in [1.165, 1.54) is 6.20 Å². The zero-order valence-electron chi connectivity index (χ0n) is 18.5. The minimum absolute atomic E-state index is 0.105. The van der Waals surface area contributed by atoms with Crippen LogP contribution in [0.15, 0.2) is 65.7 Å². The Bertz CT molecular complexity index is 1190. The minimum Gasteiger partial charge on any atom is -0.439 e. The molecule has 0 radical (unpaired) electrons. The molecule has 32 heavy (non-hydrogen) atoms. The van der Waals surface area contributed by atoms with Gasteiger partial charge in [0.05, 0.1) is 16.8 Å². The lowest BCUT2D eigenvalue weighted by Crippen LogP contribution is -2.31. The fourth-order valence-electron chi connectivity index (χ4n) is 2.80. The summed E-state index contributed by atoms with van der Waals surface area (Å²) in [5.74, 6) is 0.682. The van der Waals surface area contributed by atoms with Gasteiger partial charge in [0.2, 0.25) is 5.88 Å². The average Bonchev–Trinajstić information content (AvgIpc) is 2.77. The second-order valence-corrected chi connectivity index (χ2v) is 9.33. The molecule has 0 saturated heterocycles. The van der Waals surface area contributed by atoms with Crippen molar-refractivity contribution in [3.05, 3.63) is 77.5 Å². The lowest BCUT2D eigenvalue weighted by Gasteiger charge is -2.12. The molecule has 0 bridgehead atoms. The second kappa shape index (κ2) is 9.82. The number of amides is 1. The molecule has 3 aromatic rings. The summed E-state index contributed by atoms with van der Waals surface area (Å²) in [5.41, 5.74) is 2.80. The first-order valence-corrected chi connectivity index (χ1v) is 11.8.